The third-order valence-electron chi connectivity index (χ3n) is 3.59. The molecule has 1 aliphatic heterocycles. The quantitative estimate of drug-likeness (QED) is 0.734. The summed E-state index contributed by atoms with van der Waals surface area (Å²) in [5.74, 6) is 1.01. The van der Waals surface area contributed by atoms with Gasteiger partial charge in [0.05, 0.1) is 6.92 Å². The van der Waals surface area contributed by atoms with Crippen LogP contribution in [0.4, 0.5) is 0 Å². The predicted molar refractivity (Wildman–Crippen MR) is 76.5 cm³/mol. The van der Waals surface area contributed by atoms with Gasteiger partial charge in [-0.15, -0.1) is 0 Å². The zero-order chi connectivity index (χ0) is 13.1. The number of rotatable bonds is 3. The molecule has 2 nitrogen and oxygen atoms in total. The van der Waals surface area contributed by atoms with Crippen molar-refractivity contribution < 1.29 is 26.3 Å². The van der Waals surface area contributed by atoms with Gasteiger partial charge < -0.3 is 21.7 Å². The SMILES string of the molecule is CC1=[N+](C(c2ccccc2)c2ccccc2)CCO1.[Br-]. The zero-order valence-corrected chi connectivity index (χ0v) is 13.1. The molecule has 1 heterocycles. The molecule has 3 rings (SSSR count). The second kappa shape index (κ2) is 6.71. The fourth-order valence-electron chi connectivity index (χ4n) is 2.67. The summed E-state index contributed by atoms with van der Waals surface area (Å²) in [4.78, 5) is 0. The second-order valence-electron chi connectivity index (χ2n) is 4.78. The van der Waals surface area contributed by atoms with Crippen molar-refractivity contribution in [3.05, 3.63) is 71.8 Å². The monoisotopic (exact) mass is 331 g/mol. The summed E-state index contributed by atoms with van der Waals surface area (Å²) in [6, 6.07) is 21.5. The summed E-state index contributed by atoms with van der Waals surface area (Å²) in [5.41, 5.74) is 2.61. The number of benzene rings is 2. The lowest BCUT2D eigenvalue weighted by molar-refractivity contribution is -0.554. The van der Waals surface area contributed by atoms with E-state index < -0.39 is 0 Å². The lowest BCUT2D eigenvalue weighted by Gasteiger charge is -2.14. The number of halogens is 1. The Balaban J connectivity index is 0.00000147. The predicted octanol–water partition coefficient (Wildman–Crippen LogP) is 0.241. The summed E-state index contributed by atoms with van der Waals surface area (Å²) in [5, 5.41) is 0. The molecule has 0 atom stereocenters. The van der Waals surface area contributed by atoms with Crippen molar-refractivity contribution in [1.82, 2.24) is 0 Å². The molecule has 0 amide bonds. The maximum Gasteiger partial charge on any atom is 0.334 e. The minimum atomic E-state index is 0. The highest BCUT2D eigenvalue weighted by Crippen LogP contribution is 2.27. The molecule has 0 fully saturated rings. The number of hydrogen-bond donors (Lipinski definition) is 0. The van der Waals surface area contributed by atoms with Gasteiger partial charge in [-0.25, -0.2) is 0 Å². The molecule has 0 bridgehead atoms. The highest BCUT2D eigenvalue weighted by Gasteiger charge is 2.31. The van der Waals surface area contributed by atoms with Gasteiger partial charge in [-0.2, -0.15) is 4.58 Å². The van der Waals surface area contributed by atoms with Crippen molar-refractivity contribution in [3.8, 4) is 0 Å². The van der Waals surface area contributed by atoms with Crippen molar-refractivity contribution in [2.45, 2.75) is 13.0 Å². The van der Waals surface area contributed by atoms with E-state index in [1.807, 2.05) is 6.92 Å². The van der Waals surface area contributed by atoms with Crippen LogP contribution in [0.15, 0.2) is 60.7 Å². The van der Waals surface area contributed by atoms with E-state index in [4.69, 9.17) is 4.74 Å². The van der Waals surface area contributed by atoms with E-state index in [9.17, 15) is 0 Å². The average molecular weight is 332 g/mol. The lowest BCUT2D eigenvalue weighted by atomic mass is 9.98. The molecule has 3 heteroatoms. The minimum Gasteiger partial charge on any atom is -1.00 e. The van der Waals surface area contributed by atoms with E-state index in [1.54, 1.807) is 0 Å². The van der Waals surface area contributed by atoms with Crippen LogP contribution in [0, 0.1) is 0 Å². The summed E-state index contributed by atoms with van der Waals surface area (Å²) in [6.07, 6.45) is 0. The molecule has 0 saturated carbocycles. The molecule has 20 heavy (non-hydrogen) atoms. The van der Waals surface area contributed by atoms with E-state index in [0.29, 0.717) is 0 Å². The van der Waals surface area contributed by atoms with Gasteiger partial charge in [-0.1, -0.05) is 60.7 Å². The summed E-state index contributed by atoms with van der Waals surface area (Å²) in [7, 11) is 0. The summed E-state index contributed by atoms with van der Waals surface area (Å²) in [6.45, 7) is 3.77. The van der Waals surface area contributed by atoms with Crippen molar-refractivity contribution in [3.63, 3.8) is 0 Å². The van der Waals surface area contributed by atoms with E-state index in [1.165, 1.54) is 11.1 Å². The molecule has 104 valence electrons. The van der Waals surface area contributed by atoms with Crippen molar-refractivity contribution in [2.75, 3.05) is 13.2 Å². The van der Waals surface area contributed by atoms with E-state index in [-0.39, 0.29) is 23.0 Å². The first-order valence-corrected chi connectivity index (χ1v) is 6.69. The van der Waals surface area contributed by atoms with Crippen LogP contribution in [0.1, 0.15) is 24.1 Å². The summed E-state index contributed by atoms with van der Waals surface area (Å²) >= 11 is 0. The fourth-order valence-corrected chi connectivity index (χ4v) is 2.67. The third kappa shape index (κ3) is 2.93. The minimum absolute atomic E-state index is 0. The van der Waals surface area contributed by atoms with Gasteiger partial charge in [0, 0.05) is 11.1 Å². The topological polar surface area (TPSA) is 12.2 Å². The van der Waals surface area contributed by atoms with Crippen LogP contribution in [-0.4, -0.2) is 23.6 Å². The highest BCUT2D eigenvalue weighted by atomic mass is 79.9. The van der Waals surface area contributed by atoms with Crippen LogP contribution in [0.2, 0.25) is 0 Å². The van der Waals surface area contributed by atoms with Crippen LogP contribution in [0.25, 0.3) is 0 Å². The van der Waals surface area contributed by atoms with Crippen molar-refractivity contribution >= 4 is 5.90 Å². The molecule has 0 saturated heterocycles. The van der Waals surface area contributed by atoms with Crippen LogP contribution in [0.5, 0.6) is 0 Å². The van der Waals surface area contributed by atoms with E-state index in [0.717, 1.165) is 19.0 Å². The van der Waals surface area contributed by atoms with Crippen LogP contribution in [-0.2, 0) is 4.74 Å². The maximum atomic E-state index is 5.63. The second-order valence-corrected chi connectivity index (χ2v) is 4.78. The zero-order valence-electron chi connectivity index (χ0n) is 11.5. The molecule has 0 spiro atoms. The normalized spacial score (nSPS) is 14.1. The van der Waals surface area contributed by atoms with Crippen molar-refractivity contribution in [1.29, 1.82) is 0 Å². The maximum absolute atomic E-state index is 5.63. The number of ether oxygens (including phenoxy) is 1. The van der Waals surface area contributed by atoms with Gasteiger partial charge in [0.1, 0.15) is 0 Å². The Hall–Kier alpha value is -1.61. The standard InChI is InChI=1S/C17H18NO.BrH/c1-14-18(12-13-19-14)17(15-8-4-2-5-9-15)16-10-6-3-7-11-16;/h2-11,17H,12-13H2,1H3;1H/q+1;/p-1. The van der Waals surface area contributed by atoms with Gasteiger partial charge >= 0.3 is 5.90 Å². The first-order chi connectivity index (χ1) is 9.36. The Morgan fingerprint density at radius 2 is 1.40 bits per heavy atom. The Morgan fingerprint density at radius 3 is 1.80 bits per heavy atom. The smallest absolute Gasteiger partial charge is 0.334 e. The Bertz CT molecular complexity index is 541. The molecule has 0 N–H and O–H groups in total. The third-order valence-corrected chi connectivity index (χ3v) is 3.59. The Morgan fingerprint density at radius 1 is 0.900 bits per heavy atom. The molecule has 0 aliphatic carbocycles. The molecule has 0 unspecified atom stereocenters. The first kappa shape index (κ1) is 14.8. The van der Waals surface area contributed by atoms with Gasteiger partial charge in [-0.3, -0.25) is 0 Å². The first-order valence-electron chi connectivity index (χ1n) is 6.69. The van der Waals surface area contributed by atoms with Crippen molar-refractivity contribution in [2.24, 2.45) is 0 Å². The average Bonchev–Trinajstić information content (AvgIpc) is 2.88. The molecule has 1 aliphatic rings. The van der Waals surface area contributed by atoms with Gasteiger partial charge in [0.15, 0.2) is 13.2 Å². The lowest BCUT2D eigenvalue weighted by Crippen LogP contribution is -3.00. The molecule has 0 radical (unpaired) electrons. The highest BCUT2D eigenvalue weighted by molar-refractivity contribution is 5.68. The molecule has 2 aromatic carbocycles. The van der Waals surface area contributed by atoms with E-state index >= 15 is 0 Å². The molecular weight excluding hydrogens is 314 g/mol. The fraction of sp³-hybridized carbons (Fsp3) is 0.235. The molecule has 0 aromatic heterocycles. The number of nitrogens with zero attached hydrogens (tertiary/aromatic N) is 1. The van der Waals surface area contributed by atoms with Gasteiger partial charge in [-0.05, 0) is 0 Å². The van der Waals surface area contributed by atoms with Crippen LogP contribution in [0.3, 0.4) is 0 Å². The largest absolute Gasteiger partial charge is 1.00 e. The molecular formula is C17H18BrNO. The molecule has 2 aromatic rings. The van der Waals surface area contributed by atoms with Gasteiger partial charge in [0.2, 0.25) is 6.04 Å². The Kier molecular flexibility index (Phi) is 4.96. The van der Waals surface area contributed by atoms with Crippen LogP contribution >= 0.6 is 0 Å². The summed E-state index contributed by atoms with van der Waals surface area (Å²) < 4.78 is 7.97. The Labute approximate surface area is 130 Å². The van der Waals surface area contributed by atoms with Crippen LogP contribution < -0.4 is 17.0 Å². The van der Waals surface area contributed by atoms with E-state index in [2.05, 4.69) is 65.2 Å². The number of hydrogen-bond acceptors (Lipinski definition) is 1. The van der Waals surface area contributed by atoms with Gasteiger partial charge in [0.25, 0.3) is 0 Å².